The van der Waals surface area contributed by atoms with Crippen molar-refractivity contribution in [3.8, 4) is 0 Å². The highest BCUT2D eigenvalue weighted by atomic mass is 32.2. The Morgan fingerprint density at radius 2 is 2.00 bits per heavy atom. The van der Waals surface area contributed by atoms with Gasteiger partial charge in [-0.25, -0.2) is 0 Å². The Labute approximate surface area is 129 Å². The number of aromatic amines is 2. The second kappa shape index (κ2) is 4.65. The first-order valence-electron chi connectivity index (χ1n) is 6.80. The summed E-state index contributed by atoms with van der Waals surface area (Å²) in [5.41, 5.74) is 0.988. The van der Waals surface area contributed by atoms with E-state index in [-0.39, 0.29) is 22.3 Å². The molecule has 9 heteroatoms. The first-order valence-corrected chi connectivity index (χ1v) is 8.24. The van der Waals surface area contributed by atoms with Crippen LogP contribution in [0.3, 0.4) is 0 Å². The largest absolute Gasteiger partial charge is 0.356 e. The minimum absolute atomic E-state index is 0.255. The van der Waals surface area contributed by atoms with E-state index in [1.807, 2.05) is 0 Å². The average Bonchev–Trinajstić information content (AvgIpc) is 2.88. The smallest absolute Gasteiger partial charge is 0.294 e. The van der Waals surface area contributed by atoms with Gasteiger partial charge in [-0.3, -0.25) is 9.35 Å². The monoisotopic (exact) mass is 336 g/mol. The minimum Gasteiger partial charge on any atom is -0.356 e. The van der Waals surface area contributed by atoms with Crippen LogP contribution in [-0.2, 0) is 19.6 Å². The second-order valence-corrected chi connectivity index (χ2v) is 6.72. The molecule has 0 spiro atoms. The maximum Gasteiger partial charge on any atom is 0.294 e. The molecule has 1 aliphatic rings. The first-order chi connectivity index (χ1) is 10.8. The van der Waals surface area contributed by atoms with Gasteiger partial charge < -0.3 is 19.4 Å². The van der Waals surface area contributed by atoms with Crippen molar-refractivity contribution in [2.75, 3.05) is 0 Å². The molecule has 4 rings (SSSR count). The standard InChI is InChI=1S/C14H12N2O6S/c1-6-21-14(22-6)9-5-15-12-11(9)8-4-7(23(18,19)20)2-3-10(8)16-13(12)17/h2-6,14-15H,1H3,(H,16,17)(H,18,19,20). The van der Waals surface area contributed by atoms with Crippen molar-refractivity contribution < 1.29 is 22.4 Å². The number of rotatable bonds is 2. The van der Waals surface area contributed by atoms with Crippen LogP contribution in [-0.4, -0.2) is 29.2 Å². The Bertz CT molecular complexity index is 1090. The lowest BCUT2D eigenvalue weighted by Gasteiger charge is -2.33. The zero-order chi connectivity index (χ0) is 16.4. The van der Waals surface area contributed by atoms with E-state index in [1.54, 1.807) is 13.1 Å². The molecule has 0 saturated carbocycles. The fraction of sp³-hybridized carbons (Fsp3) is 0.214. The molecule has 120 valence electrons. The molecule has 8 nitrogen and oxygen atoms in total. The Balaban J connectivity index is 2.08. The maximum atomic E-state index is 12.1. The number of fused-ring (bicyclic) bond motifs is 3. The number of pyridine rings is 1. The van der Waals surface area contributed by atoms with Gasteiger partial charge in [0, 0.05) is 28.0 Å². The van der Waals surface area contributed by atoms with Gasteiger partial charge in [0.05, 0.1) is 4.90 Å². The highest BCUT2D eigenvalue weighted by Crippen LogP contribution is 2.37. The van der Waals surface area contributed by atoms with Gasteiger partial charge in [0.25, 0.3) is 15.7 Å². The van der Waals surface area contributed by atoms with Crippen LogP contribution in [0.4, 0.5) is 0 Å². The molecule has 3 N–H and O–H groups in total. The maximum absolute atomic E-state index is 12.1. The summed E-state index contributed by atoms with van der Waals surface area (Å²) in [6, 6.07) is 3.97. The van der Waals surface area contributed by atoms with Crippen molar-refractivity contribution in [3.63, 3.8) is 0 Å². The van der Waals surface area contributed by atoms with E-state index in [1.165, 1.54) is 18.2 Å². The number of hydrogen-bond acceptors (Lipinski definition) is 5. The Hall–Kier alpha value is -2.20. The van der Waals surface area contributed by atoms with Crippen LogP contribution in [0, 0.1) is 0 Å². The fourth-order valence-electron chi connectivity index (χ4n) is 2.78. The number of benzene rings is 1. The molecular weight excluding hydrogens is 324 g/mol. The number of H-pyrrole nitrogens is 2. The zero-order valence-corrected chi connectivity index (χ0v) is 12.7. The topological polar surface area (TPSA) is 121 Å². The summed E-state index contributed by atoms with van der Waals surface area (Å²) in [4.78, 5) is 17.4. The van der Waals surface area contributed by atoms with Crippen LogP contribution < -0.4 is 5.56 Å². The molecular formula is C14H12N2O6S. The molecule has 0 unspecified atom stereocenters. The van der Waals surface area contributed by atoms with E-state index in [2.05, 4.69) is 9.97 Å². The van der Waals surface area contributed by atoms with Crippen molar-refractivity contribution in [3.05, 3.63) is 40.3 Å². The van der Waals surface area contributed by atoms with Gasteiger partial charge in [0.2, 0.25) is 0 Å². The summed E-state index contributed by atoms with van der Waals surface area (Å²) >= 11 is 0. The van der Waals surface area contributed by atoms with E-state index in [4.69, 9.17) is 9.47 Å². The van der Waals surface area contributed by atoms with E-state index < -0.39 is 16.4 Å². The van der Waals surface area contributed by atoms with Crippen LogP contribution in [0.2, 0.25) is 0 Å². The first kappa shape index (κ1) is 14.4. The lowest BCUT2D eigenvalue weighted by molar-refractivity contribution is -0.382. The van der Waals surface area contributed by atoms with Gasteiger partial charge >= 0.3 is 0 Å². The molecule has 1 aliphatic heterocycles. The van der Waals surface area contributed by atoms with Gasteiger partial charge in [-0.2, -0.15) is 8.42 Å². The van der Waals surface area contributed by atoms with E-state index in [0.29, 0.717) is 21.9 Å². The highest BCUT2D eigenvalue weighted by molar-refractivity contribution is 7.85. The van der Waals surface area contributed by atoms with Crippen LogP contribution in [0.15, 0.2) is 34.1 Å². The molecule has 1 fully saturated rings. The third-order valence-corrected chi connectivity index (χ3v) is 4.68. The van der Waals surface area contributed by atoms with Gasteiger partial charge in [-0.05, 0) is 25.1 Å². The average molecular weight is 336 g/mol. The zero-order valence-electron chi connectivity index (χ0n) is 11.9. The van der Waals surface area contributed by atoms with Gasteiger partial charge in [-0.1, -0.05) is 0 Å². The predicted octanol–water partition coefficient (Wildman–Crippen LogP) is 1.65. The molecule has 1 aromatic carbocycles. The number of nitrogens with one attached hydrogen (secondary N) is 2. The molecule has 23 heavy (non-hydrogen) atoms. The summed E-state index contributed by atoms with van der Waals surface area (Å²) in [5.74, 6) is 0. The third-order valence-electron chi connectivity index (χ3n) is 3.83. The number of hydrogen-bond donors (Lipinski definition) is 3. The predicted molar refractivity (Wildman–Crippen MR) is 80.6 cm³/mol. The second-order valence-electron chi connectivity index (χ2n) is 5.30. The molecule has 0 aliphatic carbocycles. The van der Waals surface area contributed by atoms with Crippen molar-refractivity contribution in [2.45, 2.75) is 24.4 Å². The van der Waals surface area contributed by atoms with Crippen molar-refractivity contribution >= 4 is 31.9 Å². The van der Waals surface area contributed by atoms with Crippen LogP contribution in [0.1, 0.15) is 18.8 Å². The van der Waals surface area contributed by atoms with Gasteiger partial charge in [-0.15, -0.1) is 0 Å². The van der Waals surface area contributed by atoms with E-state index >= 15 is 0 Å². The van der Waals surface area contributed by atoms with Crippen molar-refractivity contribution in [2.24, 2.45) is 0 Å². The third kappa shape index (κ3) is 2.17. The van der Waals surface area contributed by atoms with E-state index in [9.17, 15) is 17.8 Å². The van der Waals surface area contributed by atoms with Gasteiger partial charge in [0.15, 0.2) is 12.6 Å². The Morgan fingerprint density at radius 3 is 2.65 bits per heavy atom. The summed E-state index contributed by atoms with van der Waals surface area (Å²) in [6.07, 6.45) is 0.625. The molecule has 0 radical (unpaired) electrons. The summed E-state index contributed by atoms with van der Waals surface area (Å²) in [7, 11) is -4.35. The summed E-state index contributed by atoms with van der Waals surface area (Å²) in [5, 5.41) is 0.976. The summed E-state index contributed by atoms with van der Waals surface area (Å²) in [6.45, 7) is 1.74. The molecule has 0 bridgehead atoms. The van der Waals surface area contributed by atoms with Gasteiger partial charge in [0.1, 0.15) is 5.52 Å². The quantitative estimate of drug-likeness (QED) is 0.612. The number of ether oxygens (including phenoxy) is 2. The molecule has 2 aromatic heterocycles. The lowest BCUT2D eigenvalue weighted by atomic mass is 10.1. The van der Waals surface area contributed by atoms with Crippen LogP contribution in [0.5, 0.6) is 0 Å². The molecule has 3 aromatic rings. The molecule has 3 heterocycles. The number of aromatic nitrogens is 2. The molecule has 1 saturated heterocycles. The van der Waals surface area contributed by atoms with Crippen molar-refractivity contribution in [1.82, 2.24) is 9.97 Å². The van der Waals surface area contributed by atoms with E-state index in [0.717, 1.165) is 0 Å². The molecule has 0 atom stereocenters. The SMILES string of the molecule is CC1OC(c2c[nH]c3c(=O)[nH]c4ccc(S(=O)(=O)O)cc4c23)O1. The van der Waals surface area contributed by atoms with Crippen molar-refractivity contribution in [1.29, 1.82) is 0 Å². The fourth-order valence-corrected chi connectivity index (χ4v) is 3.29. The van der Waals surface area contributed by atoms with Crippen LogP contribution in [0.25, 0.3) is 21.8 Å². The minimum atomic E-state index is -4.35. The Kier molecular flexibility index (Phi) is 2.91. The normalized spacial score (nSPS) is 21.7. The highest BCUT2D eigenvalue weighted by Gasteiger charge is 2.31. The summed E-state index contributed by atoms with van der Waals surface area (Å²) < 4.78 is 42.9. The molecule has 0 amide bonds. The lowest BCUT2D eigenvalue weighted by Crippen LogP contribution is -2.31. The Morgan fingerprint density at radius 1 is 1.26 bits per heavy atom. The van der Waals surface area contributed by atoms with Crippen LogP contribution >= 0.6 is 0 Å².